The summed E-state index contributed by atoms with van der Waals surface area (Å²) in [5.74, 6) is -1.81. The van der Waals surface area contributed by atoms with E-state index in [1.165, 1.54) is 6.07 Å². The Balaban J connectivity index is 2.01. The van der Waals surface area contributed by atoms with Gasteiger partial charge in [-0.05, 0) is 24.1 Å². The fraction of sp³-hybridized carbons (Fsp3) is 0.118. The van der Waals surface area contributed by atoms with Gasteiger partial charge in [-0.1, -0.05) is 42.5 Å². The van der Waals surface area contributed by atoms with E-state index in [4.69, 9.17) is 0 Å². The minimum absolute atomic E-state index is 0.115. The van der Waals surface area contributed by atoms with Crippen LogP contribution >= 0.6 is 0 Å². The average molecular weight is 279 g/mol. The standard InChI is InChI=1S/C17H13NO3/c1-11-6-2-3-7-12(11)10-18-16(20)14-9-5-4-8-13(14)15(19)17(18)21/h2-9H,10H2,1H3. The Morgan fingerprint density at radius 2 is 1.43 bits per heavy atom. The second-order valence-corrected chi connectivity index (χ2v) is 5.00. The second-order valence-electron chi connectivity index (χ2n) is 5.00. The van der Waals surface area contributed by atoms with Crippen LogP contribution in [-0.4, -0.2) is 22.5 Å². The van der Waals surface area contributed by atoms with E-state index in [0.717, 1.165) is 16.0 Å². The molecule has 0 N–H and O–H groups in total. The SMILES string of the molecule is Cc1ccccc1CN1C(=O)C(=O)c2ccccc2C1=O. The number of amides is 2. The highest BCUT2D eigenvalue weighted by Crippen LogP contribution is 2.22. The van der Waals surface area contributed by atoms with Gasteiger partial charge in [0.15, 0.2) is 0 Å². The molecular formula is C17H13NO3. The first-order valence-corrected chi connectivity index (χ1v) is 6.63. The Morgan fingerprint density at radius 1 is 0.810 bits per heavy atom. The molecule has 0 fully saturated rings. The van der Waals surface area contributed by atoms with Crippen molar-refractivity contribution in [3.8, 4) is 0 Å². The highest BCUT2D eigenvalue weighted by molar-refractivity contribution is 6.49. The maximum Gasteiger partial charge on any atom is 0.302 e. The van der Waals surface area contributed by atoms with E-state index < -0.39 is 17.6 Å². The molecule has 1 heterocycles. The molecule has 2 amide bonds. The van der Waals surface area contributed by atoms with Gasteiger partial charge >= 0.3 is 5.91 Å². The zero-order valence-electron chi connectivity index (χ0n) is 11.5. The summed E-state index contributed by atoms with van der Waals surface area (Å²) in [5, 5.41) is 0. The molecule has 0 bridgehead atoms. The number of rotatable bonds is 2. The van der Waals surface area contributed by atoms with Crippen molar-refractivity contribution in [2.75, 3.05) is 0 Å². The minimum Gasteiger partial charge on any atom is -0.283 e. The number of nitrogens with zero attached hydrogens (tertiary/aromatic N) is 1. The van der Waals surface area contributed by atoms with Gasteiger partial charge in [0.1, 0.15) is 0 Å². The van der Waals surface area contributed by atoms with E-state index in [1.54, 1.807) is 18.2 Å². The summed E-state index contributed by atoms with van der Waals surface area (Å²) in [6, 6.07) is 13.9. The minimum atomic E-state index is -0.762. The third-order valence-corrected chi connectivity index (χ3v) is 3.68. The monoisotopic (exact) mass is 279 g/mol. The summed E-state index contributed by atoms with van der Waals surface area (Å²) in [4.78, 5) is 37.7. The van der Waals surface area contributed by atoms with Crippen LogP contribution in [0.5, 0.6) is 0 Å². The number of hydrogen-bond acceptors (Lipinski definition) is 3. The van der Waals surface area contributed by atoms with Gasteiger partial charge in [-0.25, -0.2) is 0 Å². The molecule has 0 spiro atoms. The molecule has 2 aromatic carbocycles. The molecule has 21 heavy (non-hydrogen) atoms. The number of aryl methyl sites for hydroxylation is 1. The molecule has 1 aliphatic rings. The Bertz CT molecular complexity index is 764. The van der Waals surface area contributed by atoms with Gasteiger partial charge in [-0.3, -0.25) is 19.3 Å². The number of benzene rings is 2. The first-order valence-electron chi connectivity index (χ1n) is 6.63. The molecule has 4 nitrogen and oxygen atoms in total. The third-order valence-electron chi connectivity index (χ3n) is 3.68. The predicted octanol–water partition coefficient (Wildman–Crippen LogP) is 2.36. The van der Waals surface area contributed by atoms with Crippen LogP contribution in [0.3, 0.4) is 0 Å². The third kappa shape index (κ3) is 2.14. The van der Waals surface area contributed by atoms with Crippen LogP contribution in [0.2, 0.25) is 0 Å². The van der Waals surface area contributed by atoms with Crippen LogP contribution in [0.25, 0.3) is 0 Å². The molecule has 2 aromatic rings. The lowest BCUT2D eigenvalue weighted by Gasteiger charge is -2.26. The number of carbonyl (C=O) groups excluding carboxylic acids is 3. The average Bonchev–Trinajstić information content (AvgIpc) is 2.51. The lowest BCUT2D eigenvalue weighted by Crippen LogP contribution is -2.45. The van der Waals surface area contributed by atoms with Gasteiger partial charge in [0.25, 0.3) is 11.7 Å². The molecule has 0 aliphatic carbocycles. The van der Waals surface area contributed by atoms with Crippen molar-refractivity contribution >= 4 is 17.6 Å². The van der Waals surface area contributed by atoms with Crippen molar-refractivity contribution < 1.29 is 14.4 Å². The summed E-state index contributed by atoms with van der Waals surface area (Å²) < 4.78 is 0. The van der Waals surface area contributed by atoms with E-state index in [2.05, 4.69) is 0 Å². The molecule has 104 valence electrons. The summed E-state index contributed by atoms with van der Waals surface area (Å²) in [6.07, 6.45) is 0. The number of fused-ring (bicyclic) bond motifs is 1. The highest BCUT2D eigenvalue weighted by Gasteiger charge is 2.37. The molecule has 0 aromatic heterocycles. The van der Waals surface area contributed by atoms with Crippen molar-refractivity contribution in [2.45, 2.75) is 13.5 Å². The lowest BCUT2D eigenvalue weighted by molar-refractivity contribution is -0.124. The molecular weight excluding hydrogens is 266 g/mol. The fourth-order valence-electron chi connectivity index (χ4n) is 2.44. The quantitative estimate of drug-likeness (QED) is 0.626. The van der Waals surface area contributed by atoms with Crippen LogP contribution in [0.15, 0.2) is 48.5 Å². The maximum atomic E-state index is 12.4. The zero-order valence-corrected chi connectivity index (χ0v) is 11.5. The van der Waals surface area contributed by atoms with Gasteiger partial charge in [0.05, 0.1) is 12.1 Å². The lowest BCUT2D eigenvalue weighted by atomic mass is 9.96. The van der Waals surface area contributed by atoms with Crippen molar-refractivity contribution in [1.29, 1.82) is 0 Å². The number of Topliss-reactive ketones (excluding diaryl/α,β-unsaturated/α-hetero) is 1. The summed E-state index contributed by atoms with van der Waals surface area (Å²) in [5.41, 5.74) is 2.31. The smallest absolute Gasteiger partial charge is 0.283 e. The van der Waals surface area contributed by atoms with Crippen molar-refractivity contribution in [3.63, 3.8) is 0 Å². The van der Waals surface area contributed by atoms with Crippen LogP contribution in [0, 0.1) is 6.92 Å². The Morgan fingerprint density at radius 3 is 2.14 bits per heavy atom. The molecule has 1 aliphatic heterocycles. The van der Waals surface area contributed by atoms with Gasteiger partial charge in [0.2, 0.25) is 0 Å². The van der Waals surface area contributed by atoms with Crippen molar-refractivity contribution in [2.24, 2.45) is 0 Å². The second kappa shape index (κ2) is 4.98. The van der Waals surface area contributed by atoms with Gasteiger partial charge in [-0.2, -0.15) is 0 Å². The molecule has 0 unspecified atom stereocenters. The number of hydrogen-bond donors (Lipinski definition) is 0. The van der Waals surface area contributed by atoms with Crippen LogP contribution in [0.1, 0.15) is 31.8 Å². The first-order chi connectivity index (χ1) is 10.1. The van der Waals surface area contributed by atoms with Gasteiger partial charge in [0, 0.05) is 5.56 Å². The van der Waals surface area contributed by atoms with E-state index in [0.29, 0.717) is 0 Å². The Kier molecular flexibility index (Phi) is 3.14. The maximum absolute atomic E-state index is 12.4. The molecule has 0 saturated heterocycles. The number of ketones is 1. The fourth-order valence-corrected chi connectivity index (χ4v) is 2.44. The van der Waals surface area contributed by atoms with E-state index >= 15 is 0 Å². The van der Waals surface area contributed by atoms with Gasteiger partial charge < -0.3 is 0 Å². The summed E-state index contributed by atoms with van der Waals surface area (Å²) >= 11 is 0. The molecule has 4 heteroatoms. The largest absolute Gasteiger partial charge is 0.302 e. The molecule has 0 saturated carbocycles. The highest BCUT2D eigenvalue weighted by atomic mass is 16.2. The molecule has 0 atom stereocenters. The van der Waals surface area contributed by atoms with Crippen molar-refractivity contribution in [3.05, 3.63) is 70.8 Å². The first kappa shape index (κ1) is 13.2. The van der Waals surface area contributed by atoms with Crippen LogP contribution < -0.4 is 0 Å². The predicted molar refractivity (Wildman–Crippen MR) is 76.8 cm³/mol. The van der Waals surface area contributed by atoms with Gasteiger partial charge in [-0.15, -0.1) is 0 Å². The molecule has 0 radical (unpaired) electrons. The van der Waals surface area contributed by atoms with Crippen LogP contribution in [0.4, 0.5) is 0 Å². The number of carbonyl (C=O) groups is 3. The molecule has 3 rings (SSSR count). The Hall–Kier alpha value is -2.75. The van der Waals surface area contributed by atoms with Crippen molar-refractivity contribution in [1.82, 2.24) is 4.90 Å². The topological polar surface area (TPSA) is 54.5 Å². The van der Waals surface area contributed by atoms with E-state index in [9.17, 15) is 14.4 Å². The normalized spacial score (nSPS) is 14.3. The van der Waals surface area contributed by atoms with E-state index in [-0.39, 0.29) is 17.7 Å². The number of imide groups is 1. The van der Waals surface area contributed by atoms with E-state index in [1.807, 2.05) is 31.2 Å². The zero-order chi connectivity index (χ0) is 15.0. The van der Waals surface area contributed by atoms with Crippen LogP contribution in [-0.2, 0) is 11.3 Å². The summed E-state index contributed by atoms with van der Waals surface area (Å²) in [7, 11) is 0. The summed E-state index contributed by atoms with van der Waals surface area (Å²) in [6.45, 7) is 2.02. The Labute approximate surface area is 122 Å².